The number of hydrogen-bond donors (Lipinski definition) is 2. The van der Waals surface area contributed by atoms with Gasteiger partial charge in [-0.25, -0.2) is 4.98 Å². The molecule has 1 aromatic heterocycles. The molecular formula is C33H49N5O3S. The van der Waals surface area contributed by atoms with Crippen molar-refractivity contribution in [2.75, 3.05) is 51.6 Å². The highest BCUT2D eigenvalue weighted by atomic mass is 32.1. The molecule has 42 heavy (non-hydrogen) atoms. The lowest BCUT2D eigenvalue weighted by Gasteiger charge is -2.53. The van der Waals surface area contributed by atoms with Gasteiger partial charge in [0, 0.05) is 68.1 Å². The lowest BCUT2D eigenvalue weighted by Crippen LogP contribution is -2.53. The average Bonchev–Trinajstić information content (AvgIpc) is 3.36. The van der Waals surface area contributed by atoms with E-state index in [9.17, 15) is 14.7 Å². The van der Waals surface area contributed by atoms with Crippen molar-refractivity contribution >= 4 is 28.3 Å². The van der Waals surface area contributed by atoms with Gasteiger partial charge in [-0.3, -0.25) is 19.8 Å². The Morgan fingerprint density at radius 2 is 1.83 bits per heavy atom. The van der Waals surface area contributed by atoms with Gasteiger partial charge in [-0.15, -0.1) is 11.3 Å². The first-order chi connectivity index (χ1) is 20.0. The van der Waals surface area contributed by atoms with E-state index in [1.807, 2.05) is 37.8 Å². The molecule has 2 aliphatic carbocycles. The van der Waals surface area contributed by atoms with Crippen molar-refractivity contribution in [3.63, 3.8) is 0 Å². The molecule has 2 fully saturated rings. The van der Waals surface area contributed by atoms with Gasteiger partial charge in [0.15, 0.2) is 5.13 Å². The second-order valence-electron chi connectivity index (χ2n) is 13.2. The maximum Gasteiger partial charge on any atom is 0.257 e. The molecule has 1 aliphatic heterocycles. The third-order valence-corrected chi connectivity index (χ3v) is 11.5. The van der Waals surface area contributed by atoms with E-state index in [1.165, 1.54) is 10.4 Å². The quantitative estimate of drug-likeness (QED) is 0.460. The summed E-state index contributed by atoms with van der Waals surface area (Å²) in [5.41, 5.74) is 2.77. The summed E-state index contributed by atoms with van der Waals surface area (Å²) < 4.78 is 0. The first-order valence-corrected chi connectivity index (χ1v) is 16.6. The number of carbonyl (C=O) groups excluding carboxylic acids is 2. The van der Waals surface area contributed by atoms with Crippen LogP contribution in [0.15, 0.2) is 24.3 Å². The van der Waals surface area contributed by atoms with E-state index in [0.717, 1.165) is 57.7 Å². The minimum Gasteiger partial charge on any atom is -0.392 e. The molecule has 0 spiro atoms. The predicted molar refractivity (Wildman–Crippen MR) is 169 cm³/mol. The molecule has 2 heterocycles. The van der Waals surface area contributed by atoms with Crippen LogP contribution < -0.4 is 5.32 Å². The van der Waals surface area contributed by atoms with Gasteiger partial charge in [0.05, 0.1) is 11.8 Å². The smallest absolute Gasteiger partial charge is 0.257 e. The van der Waals surface area contributed by atoms with Crippen LogP contribution in [0.2, 0.25) is 0 Å². The van der Waals surface area contributed by atoms with Crippen LogP contribution in [0.1, 0.15) is 79.9 Å². The minimum atomic E-state index is -0.564. The number of likely N-dealkylation sites (N-methyl/N-ethyl adjacent to an activating group) is 1. The summed E-state index contributed by atoms with van der Waals surface area (Å²) in [6.07, 6.45) is 2.09. The van der Waals surface area contributed by atoms with Gasteiger partial charge < -0.3 is 14.9 Å². The first-order valence-electron chi connectivity index (χ1n) is 15.8. The van der Waals surface area contributed by atoms with E-state index < -0.39 is 6.10 Å². The Morgan fingerprint density at radius 1 is 1.17 bits per heavy atom. The van der Waals surface area contributed by atoms with Crippen LogP contribution in [0.5, 0.6) is 0 Å². The number of rotatable bonds is 8. The van der Waals surface area contributed by atoms with E-state index in [-0.39, 0.29) is 40.9 Å². The number of aliphatic hydroxyl groups is 1. The van der Waals surface area contributed by atoms with Crippen molar-refractivity contribution in [3.8, 4) is 0 Å². The van der Waals surface area contributed by atoms with Crippen molar-refractivity contribution in [1.82, 2.24) is 19.7 Å². The largest absolute Gasteiger partial charge is 0.392 e. The molecule has 8 nitrogen and oxygen atoms in total. The van der Waals surface area contributed by atoms with E-state index in [2.05, 4.69) is 48.1 Å². The molecule has 0 radical (unpaired) electrons. The van der Waals surface area contributed by atoms with Crippen LogP contribution in [-0.4, -0.2) is 89.0 Å². The normalized spacial score (nSPS) is 28.9. The lowest BCUT2D eigenvalue weighted by molar-refractivity contribution is -0.144. The molecule has 5 rings (SSSR count). The second-order valence-corrected chi connectivity index (χ2v) is 14.3. The van der Waals surface area contributed by atoms with Crippen LogP contribution in [0.3, 0.4) is 0 Å². The number of anilines is 1. The zero-order valence-electron chi connectivity index (χ0n) is 26.2. The Balaban J connectivity index is 1.25. The fraction of sp³-hybridized carbons (Fsp3) is 0.667. The Bertz CT molecular complexity index is 1250. The van der Waals surface area contributed by atoms with Crippen LogP contribution in [0.4, 0.5) is 5.13 Å². The maximum atomic E-state index is 13.2. The molecule has 2 N–H and O–H groups in total. The number of aliphatic hydroxyl groups excluding tert-OH is 1. The van der Waals surface area contributed by atoms with Crippen molar-refractivity contribution in [2.45, 2.75) is 72.4 Å². The van der Waals surface area contributed by atoms with Gasteiger partial charge in [0.2, 0.25) is 5.91 Å². The molecule has 2 aromatic rings. The average molecular weight is 596 g/mol. The maximum absolute atomic E-state index is 13.2. The second kappa shape index (κ2) is 12.7. The minimum absolute atomic E-state index is 0.0224. The van der Waals surface area contributed by atoms with Gasteiger partial charge in [0.1, 0.15) is 0 Å². The molecule has 1 aromatic carbocycles. The molecular weight excluding hydrogens is 546 g/mol. The zero-order valence-corrected chi connectivity index (χ0v) is 27.0. The molecule has 230 valence electrons. The number of amides is 2. The summed E-state index contributed by atoms with van der Waals surface area (Å²) in [6, 6.07) is 7.92. The Hall–Kier alpha value is -2.33. The highest BCUT2D eigenvalue weighted by Crippen LogP contribution is 2.57. The van der Waals surface area contributed by atoms with Gasteiger partial charge in [-0.1, -0.05) is 32.9 Å². The fourth-order valence-electron chi connectivity index (χ4n) is 7.80. The van der Waals surface area contributed by atoms with E-state index in [1.54, 1.807) is 11.3 Å². The molecule has 3 aliphatic rings. The number of piperazine rings is 1. The van der Waals surface area contributed by atoms with E-state index >= 15 is 0 Å². The molecule has 1 saturated heterocycles. The summed E-state index contributed by atoms with van der Waals surface area (Å²) >= 11 is 1.57. The predicted octanol–water partition coefficient (Wildman–Crippen LogP) is 4.70. The Kier molecular flexibility index (Phi) is 9.42. The summed E-state index contributed by atoms with van der Waals surface area (Å²) in [6.45, 7) is 17.1. The highest BCUT2D eigenvalue weighted by molar-refractivity contribution is 7.15. The van der Waals surface area contributed by atoms with Crippen LogP contribution in [0, 0.1) is 23.2 Å². The third kappa shape index (κ3) is 6.16. The summed E-state index contributed by atoms with van der Waals surface area (Å²) in [4.78, 5) is 39.1. The topological polar surface area (TPSA) is 89.0 Å². The summed E-state index contributed by atoms with van der Waals surface area (Å²) in [5, 5.41) is 15.4. The number of fused-ring (bicyclic) bond motifs is 2. The number of nitrogens with one attached hydrogen (secondary N) is 1. The molecule has 9 heteroatoms. The lowest BCUT2D eigenvalue weighted by atomic mass is 9.53. The monoisotopic (exact) mass is 595 g/mol. The standard InChI is InChI=1S/C33H49N5O3S/c1-7-38(8-2)31(41)21(3)25-13-14-33(5)19-26-28(22(4)27(33)29(25)39)34-32(42-26)35-30(40)24-11-9-23(10-12-24)20-37-17-15-36(6)16-18-37/h9-12,21-22,25,27,29,39H,7-8,13-20H2,1-6H3,(H,34,35,40)/t21-,22-,25?,27+,29-,33-/m0/s1. The van der Waals surface area contributed by atoms with E-state index in [0.29, 0.717) is 23.8 Å². The SMILES string of the molecule is CCN(CC)C(=O)[C@@H](C)C1CC[C@@]2(C)Cc3sc(NC(=O)c4ccc(CN5CCN(C)CC5)cc4)nc3[C@@H](C)[C@@H]2[C@H]1O. The first kappa shape index (κ1) is 31.1. The van der Waals surface area contributed by atoms with Crippen LogP contribution in [-0.2, 0) is 17.8 Å². The highest BCUT2D eigenvalue weighted by Gasteiger charge is 2.54. The Morgan fingerprint density at radius 3 is 2.48 bits per heavy atom. The van der Waals surface area contributed by atoms with Crippen LogP contribution in [0.25, 0.3) is 0 Å². The van der Waals surface area contributed by atoms with E-state index in [4.69, 9.17) is 4.98 Å². The van der Waals surface area contributed by atoms with Crippen molar-refractivity contribution in [3.05, 3.63) is 46.0 Å². The number of benzene rings is 1. The molecule has 0 bridgehead atoms. The number of aromatic nitrogens is 1. The van der Waals surface area contributed by atoms with Crippen molar-refractivity contribution in [2.24, 2.45) is 23.2 Å². The number of hydrogen-bond acceptors (Lipinski definition) is 7. The number of thiazole rings is 1. The molecule has 2 amide bonds. The third-order valence-electron chi connectivity index (χ3n) is 10.5. The van der Waals surface area contributed by atoms with Crippen molar-refractivity contribution < 1.29 is 14.7 Å². The van der Waals surface area contributed by atoms with Crippen LogP contribution >= 0.6 is 11.3 Å². The van der Waals surface area contributed by atoms with Gasteiger partial charge >= 0.3 is 0 Å². The van der Waals surface area contributed by atoms with Gasteiger partial charge in [-0.2, -0.15) is 0 Å². The zero-order chi connectivity index (χ0) is 30.2. The number of nitrogens with zero attached hydrogens (tertiary/aromatic N) is 4. The molecule has 6 atom stereocenters. The van der Waals surface area contributed by atoms with Crippen molar-refractivity contribution in [1.29, 1.82) is 0 Å². The Labute approximate surface area is 255 Å². The van der Waals surface area contributed by atoms with Gasteiger partial charge in [0.25, 0.3) is 5.91 Å². The summed E-state index contributed by atoms with van der Waals surface area (Å²) in [7, 11) is 2.16. The molecule has 1 saturated carbocycles. The number of carbonyl (C=O) groups is 2. The van der Waals surface area contributed by atoms with Gasteiger partial charge in [-0.05, 0) is 75.1 Å². The molecule has 1 unspecified atom stereocenters. The fourth-order valence-corrected chi connectivity index (χ4v) is 9.06. The summed E-state index contributed by atoms with van der Waals surface area (Å²) in [5.74, 6) is -0.207.